The summed E-state index contributed by atoms with van der Waals surface area (Å²) in [4.78, 5) is 0. The molecule has 2 heteroatoms. The average molecular weight is 197 g/mol. The molecule has 1 N–H and O–H groups in total. The summed E-state index contributed by atoms with van der Waals surface area (Å²) in [7, 11) is 1.81. The first-order valence-electron chi connectivity index (χ1n) is 6.07. The third-order valence-electron chi connectivity index (χ3n) is 3.91. The SMILES string of the molecule is COCCC1(CNC2CCCC2)CC1. The first-order valence-corrected chi connectivity index (χ1v) is 6.07. The maximum Gasteiger partial charge on any atom is 0.0468 e. The van der Waals surface area contributed by atoms with Crippen LogP contribution in [0.15, 0.2) is 0 Å². The maximum absolute atomic E-state index is 5.16. The molecular weight excluding hydrogens is 174 g/mol. The fourth-order valence-electron chi connectivity index (χ4n) is 2.50. The summed E-state index contributed by atoms with van der Waals surface area (Å²) in [6.07, 6.45) is 9.75. The van der Waals surface area contributed by atoms with E-state index in [1.54, 1.807) is 7.11 Å². The molecule has 2 saturated carbocycles. The molecule has 0 aromatic carbocycles. The summed E-state index contributed by atoms with van der Waals surface area (Å²) in [5, 5.41) is 3.74. The van der Waals surface area contributed by atoms with Gasteiger partial charge in [-0.25, -0.2) is 0 Å². The van der Waals surface area contributed by atoms with E-state index >= 15 is 0 Å². The van der Waals surface area contributed by atoms with Gasteiger partial charge in [-0.15, -0.1) is 0 Å². The Morgan fingerprint density at radius 2 is 2.00 bits per heavy atom. The summed E-state index contributed by atoms with van der Waals surface area (Å²) < 4.78 is 5.16. The fraction of sp³-hybridized carbons (Fsp3) is 1.00. The standard InChI is InChI=1S/C12H23NO/c1-14-9-8-12(6-7-12)10-13-11-4-2-3-5-11/h11,13H,2-10H2,1H3. The van der Waals surface area contributed by atoms with Gasteiger partial charge in [-0.1, -0.05) is 12.8 Å². The monoisotopic (exact) mass is 197 g/mol. The van der Waals surface area contributed by atoms with Gasteiger partial charge in [-0.3, -0.25) is 0 Å². The third-order valence-corrected chi connectivity index (χ3v) is 3.91. The Bertz CT molecular complexity index is 171. The minimum absolute atomic E-state index is 0.624. The molecule has 2 rings (SSSR count). The van der Waals surface area contributed by atoms with Crippen molar-refractivity contribution >= 4 is 0 Å². The van der Waals surface area contributed by atoms with Crippen LogP contribution in [0.2, 0.25) is 0 Å². The van der Waals surface area contributed by atoms with E-state index in [1.165, 1.54) is 51.5 Å². The molecule has 0 spiro atoms. The zero-order chi connectivity index (χ0) is 9.86. The van der Waals surface area contributed by atoms with Crippen molar-refractivity contribution in [1.29, 1.82) is 0 Å². The lowest BCUT2D eigenvalue weighted by Crippen LogP contribution is -2.32. The number of ether oxygens (including phenoxy) is 1. The molecule has 0 radical (unpaired) electrons. The van der Waals surface area contributed by atoms with Crippen molar-refractivity contribution in [2.75, 3.05) is 20.3 Å². The van der Waals surface area contributed by atoms with Crippen molar-refractivity contribution < 1.29 is 4.74 Å². The van der Waals surface area contributed by atoms with Crippen molar-refractivity contribution in [1.82, 2.24) is 5.32 Å². The van der Waals surface area contributed by atoms with Gasteiger partial charge in [0.05, 0.1) is 0 Å². The van der Waals surface area contributed by atoms with Gasteiger partial charge in [0.2, 0.25) is 0 Å². The first kappa shape index (κ1) is 10.4. The highest BCUT2D eigenvalue weighted by Gasteiger charge is 2.41. The van der Waals surface area contributed by atoms with Crippen LogP contribution in [0.25, 0.3) is 0 Å². The van der Waals surface area contributed by atoms with Gasteiger partial charge in [0.1, 0.15) is 0 Å². The lowest BCUT2D eigenvalue weighted by molar-refractivity contribution is 0.170. The van der Waals surface area contributed by atoms with Gasteiger partial charge in [0.15, 0.2) is 0 Å². The summed E-state index contributed by atoms with van der Waals surface area (Å²) in [5.41, 5.74) is 0.624. The van der Waals surface area contributed by atoms with Gasteiger partial charge in [0, 0.05) is 26.3 Å². The molecule has 0 heterocycles. The van der Waals surface area contributed by atoms with Gasteiger partial charge in [-0.2, -0.15) is 0 Å². The second kappa shape index (κ2) is 4.63. The van der Waals surface area contributed by atoms with Crippen molar-refractivity contribution in [3.8, 4) is 0 Å². The molecule has 2 aliphatic rings. The first-order chi connectivity index (χ1) is 6.85. The Morgan fingerprint density at radius 1 is 1.29 bits per heavy atom. The molecule has 14 heavy (non-hydrogen) atoms. The van der Waals surface area contributed by atoms with Crippen molar-refractivity contribution in [2.45, 2.75) is 51.0 Å². The lowest BCUT2D eigenvalue weighted by Gasteiger charge is -2.19. The quantitative estimate of drug-likeness (QED) is 0.705. The zero-order valence-corrected chi connectivity index (χ0v) is 9.35. The normalized spacial score (nSPS) is 25.5. The van der Waals surface area contributed by atoms with Crippen molar-refractivity contribution in [3.05, 3.63) is 0 Å². The molecule has 0 saturated heterocycles. The summed E-state index contributed by atoms with van der Waals surface area (Å²) in [6, 6.07) is 0.829. The van der Waals surface area contributed by atoms with Crippen LogP contribution in [-0.4, -0.2) is 26.3 Å². The number of nitrogens with one attached hydrogen (secondary N) is 1. The molecule has 0 aromatic heterocycles. The molecule has 2 aliphatic carbocycles. The van der Waals surface area contributed by atoms with Crippen LogP contribution in [0.3, 0.4) is 0 Å². The van der Waals surface area contributed by atoms with E-state index in [1.807, 2.05) is 0 Å². The Kier molecular flexibility index (Phi) is 3.45. The van der Waals surface area contributed by atoms with Crippen LogP contribution in [0.1, 0.15) is 44.9 Å². The highest BCUT2D eigenvalue weighted by molar-refractivity contribution is 4.95. The molecule has 2 nitrogen and oxygen atoms in total. The van der Waals surface area contributed by atoms with E-state index in [-0.39, 0.29) is 0 Å². The second-order valence-corrected chi connectivity index (χ2v) is 5.11. The van der Waals surface area contributed by atoms with Gasteiger partial charge in [-0.05, 0) is 37.5 Å². The topological polar surface area (TPSA) is 21.3 Å². The van der Waals surface area contributed by atoms with E-state index in [0.29, 0.717) is 5.41 Å². The Hall–Kier alpha value is -0.0800. The van der Waals surface area contributed by atoms with Gasteiger partial charge >= 0.3 is 0 Å². The van der Waals surface area contributed by atoms with E-state index in [2.05, 4.69) is 5.32 Å². The van der Waals surface area contributed by atoms with Crippen molar-refractivity contribution in [3.63, 3.8) is 0 Å². The van der Waals surface area contributed by atoms with Crippen molar-refractivity contribution in [2.24, 2.45) is 5.41 Å². The number of methoxy groups -OCH3 is 1. The average Bonchev–Trinajstić information content (AvgIpc) is 2.77. The van der Waals surface area contributed by atoms with Crippen LogP contribution in [0, 0.1) is 5.41 Å². The van der Waals surface area contributed by atoms with E-state index in [9.17, 15) is 0 Å². The predicted octanol–water partition coefficient (Wildman–Crippen LogP) is 2.34. The van der Waals surface area contributed by atoms with Crippen LogP contribution >= 0.6 is 0 Å². The molecule has 2 fully saturated rings. The maximum atomic E-state index is 5.16. The number of hydrogen-bond donors (Lipinski definition) is 1. The molecule has 0 aromatic rings. The minimum Gasteiger partial charge on any atom is -0.385 e. The summed E-state index contributed by atoms with van der Waals surface area (Å²) in [5.74, 6) is 0. The number of hydrogen-bond acceptors (Lipinski definition) is 2. The largest absolute Gasteiger partial charge is 0.385 e. The van der Waals surface area contributed by atoms with Crippen LogP contribution in [0.4, 0.5) is 0 Å². The van der Waals surface area contributed by atoms with E-state index < -0.39 is 0 Å². The highest BCUT2D eigenvalue weighted by Crippen LogP contribution is 2.48. The molecule has 0 amide bonds. The van der Waals surface area contributed by atoms with Gasteiger partial charge < -0.3 is 10.1 Å². The Balaban J connectivity index is 1.63. The summed E-state index contributed by atoms with van der Waals surface area (Å²) in [6.45, 7) is 2.17. The smallest absolute Gasteiger partial charge is 0.0468 e. The molecule has 82 valence electrons. The molecular formula is C12H23NO. The molecule has 0 unspecified atom stereocenters. The Morgan fingerprint density at radius 3 is 2.57 bits per heavy atom. The van der Waals surface area contributed by atoms with Crippen LogP contribution in [0.5, 0.6) is 0 Å². The second-order valence-electron chi connectivity index (χ2n) is 5.11. The van der Waals surface area contributed by atoms with E-state index in [4.69, 9.17) is 4.74 Å². The van der Waals surface area contributed by atoms with Crippen LogP contribution < -0.4 is 5.32 Å². The molecule has 0 aliphatic heterocycles. The predicted molar refractivity (Wildman–Crippen MR) is 58.4 cm³/mol. The molecule has 0 atom stereocenters. The number of rotatable bonds is 6. The third kappa shape index (κ3) is 2.71. The van der Waals surface area contributed by atoms with Gasteiger partial charge in [0.25, 0.3) is 0 Å². The summed E-state index contributed by atoms with van der Waals surface area (Å²) >= 11 is 0. The lowest BCUT2D eigenvalue weighted by atomic mass is 10.0. The van der Waals surface area contributed by atoms with Crippen LogP contribution in [-0.2, 0) is 4.74 Å². The highest BCUT2D eigenvalue weighted by atomic mass is 16.5. The Labute approximate surface area is 87.4 Å². The minimum atomic E-state index is 0.624. The zero-order valence-electron chi connectivity index (χ0n) is 9.35. The molecule has 0 bridgehead atoms. The van der Waals surface area contributed by atoms with E-state index in [0.717, 1.165) is 12.6 Å². The fourth-order valence-corrected chi connectivity index (χ4v) is 2.50.